The van der Waals surface area contributed by atoms with Gasteiger partial charge in [-0.2, -0.15) is 0 Å². The zero-order valence-corrected chi connectivity index (χ0v) is 12.0. The molecule has 1 fully saturated rings. The topological polar surface area (TPSA) is 49.6 Å². The van der Waals surface area contributed by atoms with Crippen LogP contribution in [0.2, 0.25) is 0 Å². The van der Waals surface area contributed by atoms with Gasteiger partial charge in [0.1, 0.15) is 0 Å². The van der Waals surface area contributed by atoms with Crippen molar-refractivity contribution in [2.75, 3.05) is 36.8 Å². The van der Waals surface area contributed by atoms with Crippen LogP contribution in [0.1, 0.15) is 31.2 Å². The minimum atomic E-state index is 0.266. The molecule has 0 spiro atoms. The van der Waals surface area contributed by atoms with Crippen LogP contribution < -0.4 is 10.6 Å². The number of benzene rings is 1. The van der Waals surface area contributed by atoms with E-state index in [0.717, 1.165) is 50.3 Å². The molecule has 3 rings (SSSR count). The Morgan fingerprint density at radius 3 is 2.60 bits per heavy atom. The molecule has 2 aliphatic rings. The van der Waals surface area contributed by atoms with Gasteiger partial charge in [-0.3, -0.25) is 4.79 Å². The van der Waals surface area contributed by atoms with Crippen LogP contribution in [0, 0.1) is 0 Å². The van der Waals surface area contributed by atoms with Gasteiger partial charge in [-0.1, -0.05) is 18.9 Å². The average Bonchev–Trinajstić information content (AvgIpc) is 2.69. The second-order valence-corrected chi connectivity index (χ2v) is 5.81. The van der Waals surface area contributed by atoms with Crippen LogP contribution in [0.4, 0.5) is 11.4 Å². The van der Waals surface area contributed by atoms with Crippen LogP contribution in [0.25, 0.3) is 0 Å². The highest BCUT2D eigenvalue weighted by molar-refractivity contribution is 5.83. The minimum absolute atomic E-state index is 0.266. The van der Waals surface area contributed by atoms with E-state index in [1.807, 2.05) is 17.0 Å². The molecule has 108 valence electrons. The molecular weight excluding hydrogens is 250 g/mol. The van der Waals surface area contributed by atoms with Crippen LogP contribution in [-0.2, 0) is 11.2 Å². The summed E-state index contributed by atoms with van der Waals surface area (Å²) in [6.45, 7) is 3.26. The van der Waals surface area contributed by atoms with E-state index >= 15 is 0 Å². The Bertz CT molecular complexity index is 492. The van der Waals surface area contributed by atoms with Crippen LogP contribution in [0.15, 0.2) is 18.2 Å². The third-order valence-electron chi connectivity index (χ3n) is 4.44. The molecule has 1 aromatic carbocycles. The van der Waals surface area contributed by atoms with E-state index < -0.39 is 0 Å². The monoisotopic (exact) mass is 273 g/mol. The number of hydrogen-bond donors (Lipinski definition) is 1. The van der Waals surface area contributed by atoms with Gasteiger partial charge in [0, 0.05) is 36.6 Å². The van der Waals surface area contributed by atoms with Crippen LogP contribution in [0.3, 0.4) is 0 Å². The molecule has 0 aliphatic carbocycles. The minimum Gasteiger partial charge on any atom is -0.398 e. The van der Waals surface area contributed by atoms with Gasteiger partial charge in [0.25, 0.3) is 0 Å². The zero-order valence-electron chi connectivity index (χ0n) is 12.0. The largest absolute Gasteiger partial charge is 0.398 e. The predicted octanol–water partition coefficient (Wildman–Crippen LogP) is 2.03. The molecule has 0 bridgehead atoms. The lowest BCUT2D eigenvalue weighted by Gasteiger charge is -2.25. The van der Waals surface area contributed by atoms with Crippen molar-refractivity contribution in [2.24, 2.45) is 0 Å². The number of nitrogens with two attached hydrogens (primary N) is 1. The van der Waals surface area contributed by atoms with Crippen LogP contribution in [-0.4, -0.2) is 37.0 Å². The fraction of sp³-hybridized carbons (Fsp3) is 0.562. The Morgan fingerprint density at radius 2 is 1.85 bits per heavy atom. The van der Waals surface area contributed by atoms with Gasteiger partial charge in [0.15, 0.2) is 0 Å². The summed E-state index contributed by atoms with van der Waals surface area (Å²) >= 11 is 0. The molecule has 20 heavy (non-hydrogen) atoms. The number of carbonyl (C=O) groups excluding carboxylic acids is 1. The van der Waals surface area contributed by atoms with Gasteiger partial charge in [0.2, 0.25) is 5.91 Å². The van der Waals surface area contributed by atoms with Crippen molar-refractivity contribution in [1.29, 1.82) is 0 Å². The predicted molar refractivity (Wildman–Crippen MR) is 81.8 cm³/mol. The molecular formula is C16H23N3O. The van der Waals surface area contributed by atoms with Gasteiger partial charge in [-0.25, -0.2) is 0 Å². The van der Waals surface area contributed by atoms with E-state index in [-0.39, 0.29) is 5.91 Å². The number of nitrogens with zero attached hydrogens (tertiary/aromatic N) is 2. The number of anilines is 2. The number of nitrogen functional groups attached to an aromatic ring is 1. The first kappa shape index (κ1) is 13.3. The molecule has 1 amide bonds. The number of carbonyl (C=O) groups is 1. The maximum absolute atomic E-state index is 12.5. The Balaban J connectivity index is 1.67. The maximum atomic E-state index is 12.5. The Hall–Kier alpha value is -1.71. The van der Waals surface area contributed by atoms with E-state index in [9.17, 15) is 4.79 Å². The second kappa shape index (κ2) is 5.73. The van der Waals surface area contributed by atoms with Crippen molar-refractivity contribution in [2.45, 2.75) is 32.1 Å². The fourth-order valence-electron chi connectivity index (χ4n) is 3.28. The van der Waals surface area contributed by atoms with Crippen molar-refractivity contribution in [3.63, 3.8) is 0 Å². The Kier molecular flexibility index (Phi) is 3.81. The molecule has 2 heterocycles. The summed E-state index contributed by atoms with van der Waals surface area (Å²) in [4.78, 5) is 16.7. The first-order chi connectivity index (χ1) is 9.75. The molecule has 1 saturated heterocycles. The van der Waals surface area contributed by atoms with Crippen molar-refractivity contribution >= 4 is 17.3 Å². The quantitative estimate of drug-likeness (QED) is 0.839. The lowest BCUT2D eigenvalue weighted by Crippen LogP contribution is -2.40. The van der Waals surface area contributed by atoms with Crippen molar-refractivity contribution in [1.82, 2.24) is 4.90 Å². The zero-order chi connectivity index (χ0) is 13.9. The first-order valence-electron chi connectivity index (χ1n) is 7.66. The van der Waals surface area contributed by atoms with Gasteiger partial charge in [-0.15, -0.1) is 0 Å². The van der Waals surface area contributed by atoms with Gasteiger partial charge in [0.05, 0.1) is 6.54 Å². The van der Waals surface area contributed by atoms with Gasteiger partial charge in [-0.05, 0) is 31.4 Å². The van der Waals surface area contributed by atoms with Crippen LogP contribution >= 0.6 is 0 Å². The van der Waals surface area contributed by atoms with Crippen molar-refractivity contribution in [3.8, 4) is 0 Å². The molecule has 2 aliphatic heterocycles. The summed E-state index contributed by atoms with van der Waals surface area (Å²) in [6, 6.07) is 6.00. The van der Waals surface area contributed by atoms with E-state index in [2.05, 4.69) is 11.0 Å². The normalized spacial score (nSPS) is 18.8. The van der Waals surface area contributed by atoms with Crippen LogP contribution in [0.5, 0.6) is 0 Å². The number of likely N-dealkylation sites (tertiary alicyclic amines) is 1. The molecule has 1 aromatic rings. The maximum Gasteiger partial charge on any atom is 0.242 e. The third kappa shape index (κ3) is 2.60. The highest BCUT2D eigenvalue weighted by atomic mass is 16.2. The standard InChI is InChI=1S/C16H23N3O/c17-14-6-5-7-15-13(14)8-11-19(15)12-16(20)18-9-3-1-2-4-10-18/h5-7H,1-4,8-12,17H2. The van der Waals surface area contributed by atoms with Crippen molar-refractivity contribution in [3.05, 3.63) is 23.8 Å². The summed E-state index contributed by atoms with van der Waals surface area (Å²) in [5.41, 5.74) is 9.21. The molecule has 0 saturated carbocycles. The number of rotatable bonds is 2. The fourth-order valence-corrected chi connectivity index (χ4v) is 3.28. The third-order valence-corrected chi connectivity index (χ3v) is 4.44. The van der Waals surface area contributed by atoms with Crippen molar-refractivity contribution < 1.29 is 4.79 Å². The SMILES string of the molecule is Nc1cccc2c1CCN2CC(=O)N1CCCCCC1. The summed E-state index contributed by atoms with van der Waals surface area (Å²) in [5.74, 6) is 0.266. The smallest absolute Gasteiger partial charge is 0.242 e. The van der Waals surface area contributed by atoms with Gasteiger partial charge >= 0.3 is 0 Å². The first-order valence-corrected chi connectivity index (χ1v) is 7.66. The van der Waals surface area contributed by atoms with Gasteiger partial charge < -0.3 is 15.5 Å². The lowest BCUT2D eigenvalue weighted by molar-refractivity contribution is -0.129. The Labute approximate surface area is 120 Å². The summed E-state index contributed by atoms with van der Waals surface area (Å²) < 4.78 is 0. The lowest BCUT2D eigenvalue weighted by atomic mass is 10.1. The second-order valence-electron chi connectivity index (χ2n) is 5.81. The molecule has 4 heteroatoms. The van der Waals surface area contributed by atoms with E-state index in [1.165, 1.54) is 18.4 Å². The number of hydrogen-bond acceptors (Lipinski definition) is 3. The highest BCUT2D eigenvalue weighted by Crippen LogP contribution is 2.31. The average molecular weight is 273 g/mol. The molecule has 4 nitrogen and oxygen atoms in total. The summed E-state index contributed by atoms with van der Waals surface area (Å²) in [6.07, 6.45) is 5.76. The molecule has 0 unspecified atom stereocenters. The van der Waals surface area contributed by atoms with E-state index in [0.29, 0.717) is 6.54 Å². The van der Waals surface area contributed by atoms with E-state index in [4.69, 9.17) is 5.73 Å². The molecule has 0 aromatic heterocycles. The molecule has 0 atom stereocenters. The number of amides is 1. The summed E-state index contributed by atoms with van der Waals surface area (Å²) in [7, 11) is 0. The summed E-state index contributed by atoms with van der Waals surface area (Å²) in [5, 5.41) is 0. The molecule has 2 N–H and O–H groups in total. The van der Waals surface area contributed by atoms with E-state index in [1.54, 1.807) is 0 Å². The molecule has 0 radical (unpaired) electrons. The highest BCUT2D eigenvalue weighted by Gasteiger charge is 2.24. The number of fused-ring (bicyclic) bond motifs is 1. The Morgan fingerprint density at radius 1 is 1.10 bits per heavy atom.